The van der Waals surface area contributed by atoms with Gasteiger partial charge in [0.2, 0.25) is 5.16 Å². The Morgan fingerprint density at radius 2 is 2.41 bits per heavy atom. The van der Waals surface area contributed by atoms with Crippen LogP contribution in [0.2, 0.25) is 0 Å². The Bertz CT molecular complexity index is 512. The van der Waals surface area contributed by atoms with E-state index in [2.05, 4.69) is 25.1 Å². The average Bonchev–Trinajstić information content (AvgIpc) is 2.86. The number of nitrogens with zero attached hydrogens (tertiary/aromatic N) is 4. The van der Waals surface area contributed by atoms with Crippen LogP contribution >= 0.6 is 11.8 Å². The molecule has 0 bridgehead atoms. The summed E-state index contributed by atoms with van der Waals surface area (Å²) in [6, 6.07) is 0. The van der Waals surface area contributed by atoms with Crippen molar-refractivity contribution in [2.45, 2.75) is 5.16 Å². The molecule has 0 amide bonds. The minimum Gasteiger partial charge on any atom is -0.383 e. The Morgan fingerprint density at radius 3 is 3.12 bits per heavy atom. The molecule has 2 heterocycles. The number of hydroxylamine groups is 1. The first-order valence-electron chi connectivity index (χ1n) is 4.51. The predicted octanol–water partition coefficient (Wildman–Crippen LogP) is 0.0902. The normalized spacial score (nSPS) is 11.5. The van der Waals surface area contributed by atoms with E-state index in [1.807, 2.05) is 0 Å². The van der Waals surface area contributed by atoms with Crippen LogP contribution in [0.15, 0.2) is 35.0 Å². The largest absolute Gasteiger partial charge is 0.383 e. The van der Waals surface area contributed by atoms with Crippen molar-refractivity contribution < 1.29 is 5.21 Å². The SMILES string of the molecule is N/C(=C\Sc1n[nH]c(-c2cnccn2)n1)NO. The van der Waals surface area contributed by atoms with Gasteiger partial charge in [0, 0.05) is 17.8 Å². The van der Waals surface area contributed by atoms with Crippen LogP contribution in [-0.2, 0) is 0 Å². The smallest absolute Gasteiger partial charge is 0.213 e. The number of hydrogen-bond acceptors (Lipinski definition) is 8. The molecule has 0 radical (unpaired) electrons. The molecule has 2 aromatic heterocycles. The summed E-state index contributed by atoms with van der Waals surface area (Å²) < 4.78 is 0. The van der Waals surface area contributed by atoms with Gasteiger partial charge in [-0.1, -0.05) is 11.8 Å². The average molecular weight is 251 g/mol. The highest BCUT2D eigenvalue weighted by atomic mass is 32.2. The second kappa shape index (κ2) is 5.27. The number of rotatable bonds is 4. The van der Waals surface area contributed by atoms with Gasteiger partial charge in [0.15, 0.2) is 5.82 Å². The third kappa shape index (κ3) is 2.92. The minimum atomic E-state index is 0.112. The summed E-state index contributed by atoms with van der Waals surface area (Å²) >= 11 is 1.16. The van der Waals surface area contributed by atoms with E-state index in [9.17, 15) is 0 Å². The van der Waals surface area contributed by atoms with Crippen molar-refractivity contribution in [1.29, 1.82) is 0 Å². The van der Waals surface area contributed by atoms with E-state index in [-0.39, 0.29) is 5.82 Å². The van der Waals surface area contributed by atoms with Gasteiger partial charge in [0.1, 0.15) is 11.5 Å². The second-order valence-electron chi connectivity index (χ2n) is 2.86. The molecule has 0 saturated heterocycles. The van der Waals surface area contributed by atoms with Gasteiger partial charge in [-0.25, -0.2) is 4.98 Å². The minimum absolute atomic E-state index is 0.112. The zero-order valence-electron chi connectivity index (χ0n) is 8.53. The third-order valence-electron chi connectivity index (χ3n) is 1.69. The Labute approximate surface area is 100 Å². The number of aromatic nitrogens is 5. The number of nitrogens with one attached hydrogen (secondary N) is 2. The van der Waals surface area contributed by atoms with E-state index >= 15 is 0 Å². The molecule has 5 N–H and O–H groups in total. The summed E-state index contributed by atoms with van der Waals surface area (Å²) in [5.74, 6) is 0.630. The maximum absolute atomic E-state index is 8.47. The Morgan fingerprint density at radius 1 is 1.53 bits per heavy atom. The maximum atomic E-state index is 8.47. The van der Waals surface area contributed by atoms with Gasteiger partial charge in [0.05, 0.1) is 6.20 Å². The molecule has 9 heteroatoms. The van der Waals surface area contributed by atoms with Crippen molar-refractivity contribution in [3.05, 3.63) is 29.8 Å². The van der Waals surface area contributed by atoms with Crippen LogP contribution in [0, 0.1) is 0 Å². The van der Waals surface area contributed by atoms with Gasteiger partial charge >= 0.3 is 0 Å². The van der Waals surface area contributed by atoms with Crippen molar-refractivity contribution in [3.63, 3.8) is 0 Å². The van der Waals surface area contributed by atoms with Crippen LogP contribution < -0.4 is 11.2 Å². The van der Waals surface area contributed by atoms with Crippen LogP contribution in [-0.4, -0.2) is 30.4 Å². The lowest BCUT2D eigenvalue weighted by molar-refractivity contribution is 0.199. The Hall–Kier alpha value is -2.13. The molecule has 0 saturated carbocycles. The van der Waals surface area contributed by atoms with Crippen molar-refractivity contribution in [1.82, 2.24) is 30.6 Å². The van der Waals surface area contributed by atoms with Crippen LogP contribution in [0.25, 0.3) is 11.5 Å². The molecule has 0 spiro atoms. The lowest BCUT2D eigenvalue weighted by Gasteiger charge is -1.94. The first-order chi connectivity index (χ1) is 8.29. The van der Waals surface area contributed by atoms with Crippen molar-refractivity contribution in [2.75, 3.05) is 0 Å². The summed E-state index contributed by atoms with van der Waals surface area (Å²) in [6.07, 6.45) is 4.72. The highest BCUT2D eigenvalue weighted by Gasteiger charge is 2.06. The summed E-state index contributed by atoms with van der Waals surface area (Å²) in [5, 5.41) is 17.1. The molecule has 0 fully saturated rings. The van der Waals surface area contributed by atoms with E-state index in [1.54, 1.807) is 24.1 Å². The summed E-state index contributed by atoms with van der Waals surface area (Å²) in [6.45, 7) is 0. The number of hydrogen-bond donors (Lipinski definition) is 4. The molecule has 0 aliphatic heterocycles. The molecule has 88 valence electrons. The Kier molecular flexibility index (Phi) is 3.52. The molecule has 17 heavy (non-hydrogen) atoms. The lowest BCUT2D eigenvalue weighted by atomic mass is 10.4. The van der Waals surface area contributed by atoms with Crippen LogP contribution in [0.1, 0.15) is 0 Å². The maximum Gasteiger partial charge on any atom is 0.213 e. The fourth-order valence-corrected chi connectivity index (χ4v) is 1.51. The number of aromatic amines is 1. The van der Waals surface area contributed by atoms with Crippen molar-refractivity contribution >= 4 is 11.8 Å². The number of thioether (sulfide) groups is 1. The fourth-order valence-electron chi connectivity index (χ4n) is 0.978. The summed E-state index contributed by atoms with van der Waals surface area (Å²) in [4.78, 5) is 12.2. The fraction of sp³-hybridized carbons (Fsp3) is 0. The van der Waals surface area contributed by atoms with Crippen LogP contribution in [0.4, 0.5) is 0 Å². The number of H-pyrrole nitrogens is 1. The molecule has 0 atom stereocenters. The summed E-state index contributed by atoms with van der Waals surface area (Å²) in [5.41, 5.74) is 7.73. The van der Waals surface area contributed by atoms with Crippen molar-refractivity contribution in [3.8, 4) is 11.5 Å². The van der Waals surface area contributed by atoms with E-state index in [4.69, 9.17) is 10.9 Å². The van der Waals surface area contributed by atoms with Gasteiger partial charge in [-0.05, 0) is 0 Å². The highest BCUT2D eigenvalue weighted by molar-refractivity contribution is 8.02. The van der Waals surface area contributed by atoms with Crippen LogP contribution in [0.5, 0.6) is 0 Å². The van der Waals surface area contributed by atoms with Gasteiger partial charge in [-0.3, -0.25) is 20.8 Å². The summed E-state index contributed by atoms with van der Waals surface area (Å²) in [7, 11) is 0. The Balaban J connectivity index is 2.12. The first kappa shape index (κ1) is 11.4. The van der Waals surface area contributed by atoms with E-state index < -0.39 is 0 Å². The molecule has 0 aliphatic rings. The van der Waals surface area contributed by atoms with E-state index in [0.717, 1.165) is 11.8 Å². The van der Waals surface area contributed by atoms with Crippen molar-refractivity contribution in [2.24, 2.45) is 5.73 Å². The lowest BCUT2D eigenvalue weighted by Crippen LogP contribution is -2.14. The standard InChI is InChI=1S/C8H9N7OS/c9-6(15-16)4-17-8-12-7(13-14-8)5-3-10-1-2-11-5/h1-4,15-16H,9H2,(H,12,13,14)/b6-4+. The quantitative estimate of drug-likeness (QED) is 0.445. The second-order valence-corrected chi connectivity index (χ2v) is 3.70. The molecule has 0 aliphatic carbocycles. The predicted molar refractivity (Wildman–Crippen MR) is 60.5 cm³/mol. The topological polar surface area (TPSA) is 126 Å². The van der Waals surface area contributed by atoms with Gasteiger partial charge in [-0.15, -0.1) is 5.10 Å². The molecule has 2 aromatic rings. The monoisotopic (exact) mass is 251 g/mol. The first-order valence-corrected chi connectivity index (χ1v) is 5.39. The van der Waals surface area contributed by atoms with Gasteiger partial charge < -0.3 is 5.73 Å². The molecular formula is C8H9N7OS. The molecule has 2 rings (SSSR count). The third-order valence-corrected chi connectivity index (χ3v) is 2.46. The zero-order chi connectivity index (χ0) is 12.1. The highest BCUT2D eigenvalue weighted by Crippen LogP contribution is 2.17. The van der Waals surface area contributed by atoms with E-state index in [1.165, 1.54) is 5.41 Å². The molecule has 8 nitrogen and oxygen atoms in total. The van der Waals surface area contributed by atoms with Crippen LogP contribution in [0.3, 0.4) is 0 Å². The molecule has 0 unspecified atom stereocenters. The van der Waals surface area contributed by atoms with Gasteiger partial charge in [0.25, 0.3) is 0 Å². The zero-order valence-corrected chi connectivity index (χ0v) is 9.35. The molecule has 0 aromatic carbocycles. The molecular weight excluding hydrogens is 242 g/mol. The number of nitrogens with two attached hydrogens (primary N) is 1. The van der Waals surface area contributed by atoms with Gasteiger partial charge in [-0.2, -0.15) is 4.98 Å². The van der Waals surface area contributed by atoms with E-state index in [0.29, 0.717) is 16.7 Å².